The number of nitrogens with zero attached hydrogens (tertiary/aromatic N) is 1. The van der Waals surface area contributed by atoms with Crippen molar-refractivity contribution in [3.05, 3.63) is 27.7 Å². The number of anilines is 1. The molecule has 96 valence electrons. The molecule has 1 saturated heterocycles. The van der Waals surface area contributed by atoms with Gasteiger partial charge in [0.05, 0.1) is 5.69 Å². The fourth-order valence-corrected chi connectivity index (χ4v) is 3.11. The van der Waals surface area contributed by atoms with Gasteiger partial charge in [0.15, 0.2) is 0 Å². The van der Waals surface area contributed by atoms with Crippen LogP contribution in [0.15, 0.2) is 16.6 Å². The van der Waals surface area contributed by atoms with Crippen LogP contribution in [-0.4, -0.2) is 11.8 Å². The molecule has 0 N–H and O–H groups in total. The molecule has 0 aromatic heterocycles. The van der Waals surface area contributed by atoms with Crippen molar-refractivity contribution in [2.75, 3.05) is 4.90 Å². The number of amides is 2. The third-order valence-electron chi connectivity index (χ3n) is 3.21. The SMILES string of the molecule is Cc1cc(Br)cc(C)c1N1C(=O)CCCCC1=O. The van der Waals surface area contributed by atoms with Gasteiger partial charge in [-0.15, -0.1) is 0 Å². The minimum Gasteiger partial charge on any atom is -0.274 e. The molecular weight excluding hydrogens is 294 g/mol. The monoisotopic (exact) mass is 309 g/mol. The van der Waals surface area contributed by atoms with Crippen LogP contribution in [0, 0.1) is 13.8 Å². The van der Waals surface area contributed by atoms with Gasteiger partial charge in [0.25, 0.3) is 0 Å². The third-order valence-corrected chi connectivity index (χ3v) is 3.67. The number of rotatable bonds is 1. The second kappa shape index (κ2) is 5.22. The Morgan fingerprint density at radius 1 is 1.00 bits per heavy atom. The van der Waals surface area contributed by atoms with Crippen molar-refractivity contribution in [1.82, 2.24) is 0 Å². The molecule has 1 heterocycles. The van der Waals surface area contributed by atoms with Gasteiger partial charge in [0.1, 0.15) is 0 Å². The molecule has 1 aliphatic heterocycles. The van der Waals surface area contributed by atoms with Crippen molar-refractivity contribution in [2.24, 2.45) is 0 Å². The largest absolute Gasteiger partial charge is 0.274 e. The zero-order valence-corrected chi connectivity index (χ0v) is 12.2. The highest BCUT2D eigenvalue weighted by atomic mass is 79.9. The molecule has 0 radical (unpaired) electrons. The van der Waals surface area contributed by atoms with Crippen LogP contribution >= 0.6 is 15.9 Å². The smallest absolute Gasteiger partial charge is 0.233 e. The first-order valence-electron chi connectivity index (χ1n) is 6.13. The van der Waals surface area contributed by atoms with Crippen molar-refractivity contribution in [3.8, 4) is 0 Å². The molecule has 1 fully saturated rings. The van der Waals surface area contributed by atoms with E-state index in [1.165, 1.54) is 4.90 Å². The summed E-state index contributed by atoms with van der Waals surface area (Å²) in [5, 5.41) is 0. The maximum atomic E-state index is 12.1. The van der Waals surface area contributed by atoms with Crippen molar-refractivity contribution in [2.45, 2.75) is 39.5 Å². The topological polar surface area (TPSA) is 37.4 Å². The average molecular weight is 310 g/mol. The number of halogens is 1. The standard InChI is InChI=1S/C14H16BrNO2/c1-9-7-11(15)8-10(2)14(9)16-12(17)5-3-4-6-13(16)18/h7-8H,3-6H2,1-2H3. The Hall–Kier alpha value is -1.16. The van der Waals surface area contributed by atoms with E-state index >= 15 is 0 Å². The first kappa shape index (κ1) is 13.3. The van der Waals surface area contributed by atoms with Crippen LogP contribution in [0.3, 0.4) is 0 Å². The third kappa shape index (κ3) is 2.48. The van der Waals surface area contributed by atoms with E-state index in [4.69, 9.17) is 0 Å². The van der Waals surface area contributed by atoms with Gasteiger partial charge in [0.2, 0.25) is 11.8 Å². The van der Waals surface area contributed by atoms with E-state index in [1.54, 1.807) is 0 Å². The van der Waals surface area contributed by atoms with Gasteiger partial charge in [-0.25, -0.2) is 0 Å². The lowest BCUT2D eigenvalue weighted by Gasteiger charge is -2.23. The Morgan fingerprint density at radius 2 is 1.44 bits per heavy atom. The summed E-state index contributed by atoms with van der Waals surface area (Å²) in [6.07, 6.45) is 2.52. The van der Waals surface area contributed by atoms with Crippen LogP contribution in [0.25, 0.3) is 0 Å². The van der Waals surface area contributed by atoms with Crippen molar-refractivity contribution < 1.29 is 9.59 Å². The van der Waals surface area contributed by atoms with Crippen LogP contribution in [0.4, 0.5) is 5.69 Å². The molecule has 0 atom stereocenters. The highest BCUT2D eigenvalue weighted by molar-refractivity contribution is 9.10. The van der Waals surface area contributed by atoms with E-state index in [9.17, 15) is 9.59 Å². The Bertz CT molecular complexity index is 470. The first-order chi connectivity index (χ1) is 8.50. The minimum absolute atomic E-state index is 0.0778. The number of carbonyl (C=O) groups excluding carboxylic acids is 2. The number of aryl methyl sites for hydroxylation is 2. The summed E-state index contributed by atoms with van der Waals surface area (Å²) >= 11 is 3.43. The Morgan fingerprint density at radius 3 is 1.89 bits per heavy atom. The van der Waals surface area contributed by atoms with Crippen LogP contribution in [0.1, 0.15) is 36.8 Å². The molecule has 3 nitrogen and oxygen atoms in total. The Balaban J connectivity index is 2.52. The Kier molecular flexibility index (Phi) is 3.85. The van der Waals surface area contributed by atoms with E-state index in [1.807, 2.05) is 26.0 Å². The van der Waals surface area contributed by atoms with Gasteiger partial charge < -0.3 is 0 Å². The number of benzene rings is 1. The molecule has 2 amide bonds. The maximum absolute atomic E-state index is 12.1. The van der Waals surface area contributed by atoms with Gasteiger partial charge in [-0.3, -0.25) is 14.5 Å². The maximum Gasteiger partial charge on any atom is 0.233 e. The predicted octanol–water partition coefficient (Wildman–Crippen LogP) is 3.50. The van der Waals surface area contributed by atoms with Crippen molar-refractivity contribution >= 4 is 33.4 Å². The van der Waals surface area contributed by atoms with Gasteiger partial charge >= 0.3 is 0 Å². The molecule has 18 heavy (non-hydrogen) atoms. The quantitative estimate of drug-likeness (QED) is 0.745. The number of carbonyl (C=O) groups is 2. The fraction of sp³-hybridized carbons (Fsp3) is 0.429. The summed E-state index contributed by atoms with van der Waals surface area (Å²) in [5.74, 6) is -0.156. The van der Waals surface area contributed by atoms with E-state index < -0.39 is 0 Å². The summed E-state index contributed by atoms with van der Waals surface area (Å²) in [4.78, 5) is 25.6. The lowest BCUT2D eigenvalue weighted by molar-refractivity contribution is -0.125. The zero-order chi connectivity index (χ0) is 13.3. The van der Waals surface area contributed by atoms with E-state index in [2.05, 4.69) is 15.9 Å². The van der Waals surface area contributed by atoms with Crippen LogP contribution in [0.5, 0.6) is 0 Å². The molecule has 0 spiro atoms. The molecule has 1 aromatic rings. The molecule has 0 aliphatic carbocycles. The molecule has 0 bridgehead atoms. The Labute approximate surface area is 115 Å². The predicted molar refractivity (Wildman–Crippen MR) is 74.6 cm³/mol. The fourth-order valence-electron chi connectivity index (χ4n) is 2.42. The second-order valence-electron chi connectivity index (χ2n) is 4.72. The zero-order valence-electron chi connectivity index (χ0n) is 10.6. The average Bonchev–Trinajstić information content (AvgIpc) is 2.42. The summed E-state index contributed by atoms with van der Waals surface area (Å²) in [6.45, 7) is 3.86. The summed E-state index contributed by atoms with van der Waals surface area (Å²) < 4.78 is 0.968. The lowest BCUT2D eigenvalue weighted by atomic mass is 10.1. The van der Waals surface area contributed by atoms with Crippen LogP contribution in [0.2, 0.25) is 0 Å². The molecule has 4 heteroatoms. The first-order valence-corrected chi connectivity index (χ1v) is 6.92. The van der Waals surface area contributed by atoms with Crippen molar-refractivity contribution in [1.29, 1.82) is 0 Å². The number of hydrogen-bond acceptors (Lipinski definition) is 2. The minimum atomic E-state index is -0.0778. The highest BCUT2D eigenvalue weighted by Crippen LogP contribution is 2.31. The second-order valence-corrected chi connectivity index (χ2v) is 5.63. The number of imide groups is 1. The van der Waals surface area contributed by atoms with Gasteiger partial charge in [-0.05, 0) is 49.9 Å². The molecule has 1 aromatic carbocycles. The summed E-state index contributed by atoms with van der Waals surface area (Å²) in [6, 6.07) is 3.88. The molecule has 0 unspecified atom stereocenters. The highest BCUT2D eigenvalue weighted by Gasteiger charge is 2.27. The molecular formula is C14H16BrNO2. The van der Waals surface area contributed by atoms with Crippen LogP contribution in [-0.2, 0) is 9.59 Å². The van der Waals surface area contributed by atoms with Gasteiger partial charge in [-0.2, -0.15) is 0 Å². The van der Waals surface area contributed by atoms with Crippen molar-refractivity contribution in [3.63, 3.8) is 0 Å². The summed E-state index contributed by atoms with van der Waals surface area (Å²) in [5.41, 5.74) is 2.66. The van der Waals surface area contributed by atoms with Gasteiger partial charge in [-0.1, -0.05) is 15.9 Å². The molecule has 0 saturated carbocycles. The lowest BCUT2D eigenvalue weighted by Crippen LogP contribution is -2.36. The number of hydrogen-bond donors (Lipinski definition) is 0. The van der Waals surface area contributed by atoms with Gasteiger partial charge in [0, 0.05) is 17.3 Å². The van der Waals surface area contributed by atoms with E-state index in [0.717, 1.165) is 34.1 Å². The van der Waals surface area contributed by atoms with Crippen LogP contribution < -0.4 is 4.90 Å². The summed E-state index contributed by atoms with van der Waals surface area (Å²) in [7, 11) is 0. The molecule has 1 aliphatic rings. The molecule has 2 rings (SSSR count). The van der Waals surface area contributed by atoms with E-state index in [-0.39, 0.29) is 11.8 Å². The van der Waals surface area contributed by atoms with E-state index in [0.29, 0.717) is 12.8 Å². The normalized spacial score (nSPS) is 16.9.